The van der Waals surface area contributed by atoms with Gasteiger partial charge in [-0.25, -0.2) is 0 Å². The van der Waals surface area contributed by atoms with Crippen molar-refractivity contribution < 1.29 is 9.90 Å². The molecule has 2 unspecified atom stereocenters. The van der Waals surface area contributed by atoms with E-state index in [-0.39, 0.29) is 24.3 Å². The lowest BCUT2D eigenvalue weighted by molar-refractivity contribution is -0.129. The van der Waals surface area contributed by atoms with Crippen LogP contribution in [0.2, 0.25) is 0 Å². The standard InChI is InChI=1S/C10H15NO2/c1-3-4-10(13)11-6-5-9(7-11)8(2)12/h1,8-9,12H,4-7H2,2H3. The van der Waals surface area contributed by atoms with Gasteiger partial charge >= 0.3 is 0 Å². The van der Waals surface area contributed by atoms with Gasteiger partial charge < -0.3 is 10.0 Å². The highest BCUT2D eigenvalue weighted by atomic mass is 16.3. The van der Waals surface area contributed by atoms with Crippen molar-refractivity contribution in [2.45, 2.75) is 25.9 Å². The van der Waals surface area contributed by atoms with Crippen molar-refractivity contribution >= 4 is 5.91 Å². The van der Waals surface area contributed by atoms with Crippen LogP contribution in [-0.2, 0) is 4.79 Å². The maximum Gasteiger partial charge on any atom is 0.234 e. The number of rotatable bonds is 2. The van der Waals surface area contributed by atoms with Crippen LogP contribution in [-0.4, -0.2) is 35.1 Å². The molecule has 0 aliphatic carbocycles. The number of amides is 1. The van der Waals surface area contributed by atoms with Crippen LogP contribution in [0.5, 0.6) is 0 Å². The molecule has 1 N–H and O–H groups in total. The molecule has 0 aromatic rings. The second kappa shape index (κ2) is 4.29. The summed E-state index contributed by atoms with van der Waals surface area (Å²) in [7, 11) is 0. The fraction of sp³-hybridized carbons (Fsp3) is 0.700. The molecule has 0 bridgehead atoms. The first-order valence-electron chi connectivity index (χ1n) is 4.54. The summed E-state index contributed by atoms with van der Waals surface area (Å²) < 4.78 is 0. The molecule has 1 saturated heterocycles. The zero-order valence-electron chi connectivity index (χ0n) is 7.86. The molecule has 3 nitrogen and oxygen atoms in total. The zero-order chi connectivity index (χ0) is 9.84. The number of aliphatic hydroxyl groups excluding tert-OH is 1. The second-order valence-corrected chi connectivity index (χ2v) is 3.51. The maximum atomic E-state index is 11.3. The molecule has 0 aromatic carbocycles. The Kier molecular flexibility index (Phi) is 3.32. The third-order valence-corrected chi connectivity index (χ3v) is 2.51. The van der Waals surface area contributed by atoms with Gasteiger partial charge in [-0.1, -0.05) is 5.92 Å². The average Bonchev–Trinajstić information content (AvgIpc) is 2.52. The minimum atomic E-state index is -0.330. The van der Waals surface area contributed by atoms with E-state index in [0.717, 1.165) is 13.0 Å². The topological polar surface area (TPSA) is 40.5 Å². The minimum Gasteiger partial charge on any atom is -0.393 e. The Labute approximate surface area is 78.7 Å². The number of likely N-dealkylation sites (tertiary alicyclic amines) is 1. The summed E-state index contributed by atoms with van der Waals surface area (Å²) >= 11 is 0. The zero-order valence-corrected chi connectivity index (χ0v) is 7.86. The Bertz CT molecular complexity index is 230. The minimum absolute atomic E-state index is 0.00523. The Morgan fingerprint density at radius 1 is 1.85 bits per heavy atom. The monoisotopic (exact) mass is 181 g/mol. The molecule has 1 heterocycles. The van der Waals surface area contributed by atoms with Gasteiger partial charge in [0.25, 0.3) is 0 Å². The highest BCUT2D eigenvalue weighted by molar-refractivity contribution is 5.78. The van der Waals surface area contributed by atoms with Crippen LogP contribution < -0.4 is 0 Å². The van der Waals surface area contributed by atoms with Gasteiger partial charge in [-0.05, 0) is 13.3 Å². The third-order valence-electron chi connectivity index (χ3n) is 2.51. The maximum absolute atomic E-state index is 11.3. The Morgan fingerprint density at radius 2 is 2.54 bits per heavy atom. The molecule has 0 radical (unpaired) electrons. The largest absolute Gasteiger partial charge is 0.393 e. The van der Waals surface area contributed by atoms with E-state index in [2.05, 4.69) is 5.92 Å². The van der Waals surface area contributed by atoms with Crippen LogP contribution in [0, 0.1) is 18.3 Å². The molecular weight excluding hydrogens is 166 g/mol. The van der Waals surface area contributed by atoms with Gasteiger partial charge in [-0.15, -0.1) is 6.42 Å². The van der Waals surface area contributed by atoms with E-state index in [0.29, 0.717) is 6.54 Å². The van der Waals surface area contributed by atoms with E-state index >= 15 is 0 Å². The van der Waals surface area contributed by atoms with Crippen molar-refractivity contribution in [2.24, 2.45) is 5.92 Å². The van der Waals surface area contributed by atoms with E-state index < -0.39 is 0 Å². The van der Waals surface area contributed by atoms with Gasteiger partial charge in [0.05, 0.1) is 12.5 Å². The first-order chi connectivity index (χ1) is 6.15. The predicted molar refractivity (Wildman–Crippen MR) is 49.8 cm³/mol. The van der Waals surface area contributed by atoms with E-state index in [1.807, 2.05) is 0 Å². The van der Waals surface area contributed by atoms with Gasteiger partial charge in [0.2, 0.25) is 5.91 Å². The number of carbonyl (C=O) groups is 1. The van der Waals surface area contributed by atoms with Crippen LogP contribution in [0.25, 0.3) is 0 Å². The van der Waals surface area contributed by atoms with E-state index in [1.165, 1.54) is 0 Å². The fourth-order valence-corrected chi connectivity index (χ4v) is 1.61. The Balaban J connectivity index is 2.41. The number of carbonyl (C=O) groups excluding carboxylic acids is 1. The van der Waals surface area contributed by atoms with Gasteiger partial charge in [-0.3, -0.25) is 4.79 Å². The first-order valence-corrected chi connectivity index (χ1v) is 4.54. The van der Waals surface area contributed by atoms with Gasteiger partial charge in [0, 0.05) is 19.0 Å². The summed E-state index contributed by atoms with van der Waals surface area (Å²) in [6, 6.07) is 0. The predicted octanol–water partition coefficient (Wildman–Crippen LogP) is 0.239. The molecule has 3 heteroatoms. The Morgan fingerprint density at radius 3 is 3.00 bits per heavy atom. The molecule has 1 aliphatic heterocycles. The fourth-order valence-electron chi connectivity index (χ4n) is 1.61. The van der Waals surface area contributed by atoms with Crippen molar-refractivity contribution in [1.82, 2.24) is 4.90 Å². The lowest BCUT2D eigenvalue weighted by Crippen LogP contribution is -2.29. The third kappa shape index (κ3) is 2.46. The second-order valence-electron chi connectivity index (χ2n) is 3.51. The summed E-state index contributed by atoms with van der Waals surface area (Å²) in [4.78, 5) is 13.0. The first kappa shape index (κ1) is 10.1. The molecule has 72 valence electrons. The molecule has 1 aliphatic rings. The van der Waals surface area contributed by atoms with Crippen LogP contribution in [0.15, 0.2) is 0 Å². The smallest absolute Gasteiger partial charge is 0.234 e. The lowest BCUT2D eigenvalue weighted by atomic mass is 10.0. The van der Waals surface area contributed by atoms with E-state index in [9.17, 15) is 9.90 Å². The quantitative estimate of drug-likeness (QED) is 0.620. The SMILES string of the molecule is C#CCC(=O)N1CCC(C(C)O)C1. The van der Waals surface area contributed by atoms with Crippen molar-refractivity contribution in [1.29, 1.82) is 0 Å². The van der Waals surface area contributed by atoms with Gasteiger partial charge in [0.1, 0.15) is 0 Å². The summed E-state index contributed by atoms with van der Waals surface area (Å²) in [5.74, 6) is 2.56. The summed E-state index contributed by atoms with van der Waals surface area (Å²) in [6.45, 7) is 3.15. The average molecular weight is 181 g/mol. The number of hydrogen-bond donors (Lipinski definition) is 1. The summed E-state index contributed by atoms with van der Waals surface area (Å²) in [6.07, 6.45) is 5.77. The van der Waals surface area contributed by atoms with Gasteiger partial charge in [0.15, 0.2) is 0 Å². The Hall–Kier alpha value is -1.01. The van der Waals surface area contributed by atoms with E-state index in [4.69, 9.17) is 6.42 Å². The molecule has 0 spiro atoms. The van der Waals surface area contributed by atoms with Crippen LogP contribution in [0.4, 0.5) is 0 Å². The van der Waals surface area contributed by atoms with Crippen LogP contribution >= 0.6 is 0 Å². The molecule has 0 aromatic heterocycles. The number of nitrogens with zero attached hydrogens (tertiary/aromatic N) is 1. The molecule has 1 amide bonds. The summed E-state index contributed by atoms with van der Waals surface area (Å²) in [5.41, 5.74) is 0. The molecule has 13 heavy (non-hydrogen) atoms. The van der Waals surface area contributed by atoms with Crippen LogP contribution in [0.3, 0.4) is 0 Å². The van der Waals surface area contributed by atoms with Gasteiger partial charge in [-0.2, -0.15) is 0 Å². The summed E-state index contributed by atoms with van der Waals surface area (Å²) in [5, 5.41) is 9.30. The van der Waals surface area contributed by atoms with E-state index in [1.54, 1.807) is 11.8 Å². The molecular formula is C10H15NO2. The molecule has 2 atom stereocenters. The molecule has 1 rings (SSSR count). The molecule has 1 fully saturated rings. The number of terminal acetylenes is 1. The highest BCUT2D eigenvalue weighted by Crippen LogP contribution is 2.19. The van der Waals surface area contributed by atoms with Crippen molar-refractivity contribution in [3.8, 4) is 12.3 Å². The molecule has 0 saturated carbocycles. The van der Waals surface area contributed by atoms with Crippen LogP contribution in [0.1, 0.15) is 19.8 Å². The number of aliphatic hydroxyl groups is 1. The van der Waals surface area contributed by atoms with Crippen molar-refractivity contribution in [3.63, 3.8) is 0 Å². The normalized spacial score (nSPS) is 24.1. The van der Waals surface area contributed by atoms with Crippen molar-refractivity contribution in [2.75, 3.05) is 13.1 Å². The van der Waals surface area contributed by atoms with Crippen molar-refractivity contribution in [3.05, 3.63) is 0 Å². The lowest BCUT2D eigenvalue weighted by Gasteiger charge is -2.16. The highest BCUT2D eigenvalue weighted by Gasteiger charge is 2.28. The number of hydrogen-bond acceptors (Lipinski definition) is 2.